The van der Waals surface area contributed by atoms with E-state index >= 15 is 0 Å². The van der Waals surface area contributed by atoms with Gasteiger partial charge in [0.1, 0.15) is 5.82 Å². The highest BCUT2D eigenvalue weighted by Crippen LogP contribution is 2.10. The molecule has 0 saturated carbocycles. The van der Waals surface area contributed by atoms with Crippen LogP contribution < -0.4 is 0 Å². The molecule has 0 fully saturated rings. The lowest BCUT2D eigenvalue weighted by Gasteiger charge is -2.22. The van der Waals surface area contributed by atoms with Gasteiger partial charge in [-0.3, -0.25) is 14.6 Å². The maximum atomic E-state index is 12.5. The molecule has 2 aromatic heterocycles. The van der Waals surface area contributed by atoms with Gasteiger partial charge in [0.2, 0.25) is 5.91 Å². The summed E-state index contributed by atoms with van der Waals surface area (Å²) in [6.45, 7) is 4.34. The van der Waals surface area contributed by atoms with E-state index in [0.717, 1.165) is 37.6 Å². The molecule has 152 valence electrons. The average molecular weight is 386 g/mol. The van der Waals surface area contributed by atoms with Crippen LogP contribution in [0.5, 0.6) is 0 Å². The molecule has 7 heteroatoms. The van der Waals surface area contributed by atoms with Crippen molar-refractivity contribution in [2.75, 3.05) is 33.7 Å². The van der Waals surface area contributed by atoms with Gasteiger partial charge in [0.15, 0.2) is 5.78 Å². The Balaban J connectivity index is 1.86. The third kappa shape index (κ3) is 6.56. The van der Waals surface area contributed by atoms with Gasteiger partial charge < -0.3 is 14.4 Å². The molecule has 0 aliphatic heterocycles. The quantitative estimate of drug-likeness (QED) is 0.553. The molecule has 0 bridgehead atoms. The van der Waals surface area contributed by atoms with E-state index in [4.69, 9.17) is 0 Å². The van der Waals surface area contributed by atoms with Crippen LogP contribution in [0.1, 0.15) is 41.6 Å². The van der Waals surface area contributed by atoms with Crippen LogP contribution in [0.25, 0.3) is 0 Å². The number of aryl methyl sites for hydroxylation is 2. The lowest BCUT2D eigenvalue weighted by atomic mass is 10.1. The maximum Gasteiger partial charge on any atom is 0.222 e. The van der Waals surface area contributed by atoms with Crippen molar-refractivity contribution in [3.8, 4) is 0 Å². The van der Waals surface area contributed by atoms with Crippen molar-refractivity contribution >= 4 is 11.7 Å². The number of carbonyl (C=O) groups excluding carboxylic acids is 2. The summed E-state index contributed by atoms with van der Waals surface area (Å²) in [6, 6.07) is 3.57. The molecule has 2 aromatic rings. The Morgan fingerprint density at radius 2 is 1.93 bits per heavy atom. The fraction of sp³-hybridized carbons (Fsp3) is 0.524. The normalized spacial score (nSPS) is 11.0. The summed E-state index contributed by atoms with van der Waals surface area (Å²) in [5.41, 5.74) is 1.48. The first-order valence-electron chi connectivity index (χ1n) is 9.77. The summed E-state index contributed by atoms with van der Waals surface area (Å²) in [5.74, 6) is 0.938. The Labute approximate surface area is 167 Å². The largest absolute Gasteiger partial charge is 0.342 e. The topological polar surface area (TPSA) is 71.3 Å². The van der Waals surface area contributed by atoms with Gasteiger partial charge in [-0.1, -0.05) is 0 Å². The molecular weight excluding hydrogens is 354 g/mol. The molecule has 7 nitrogen and oxygen atoms in total. The standard InChI is InChI=1S/C21H31N5O2/c1-5-26(14-13-24(2)3)21(28)8-6-7-18-15-17(9-10-22-18)19(27)16-20-23-11-12-25(20)4/h9-12,15H,5-8,13-14,16H2,1-4H3. The number of imidazole rings is 1. The predicted molar refractivity (Wildman–Crippen MR) is 109 cm³/mol. The number of hydrogen-bond donors (Lipinski definition) is 0. The Hall–Kier alpha value is -2.54. The van der Waals surface area contributed by atoms with Crippen LogP contribution in [0.4, 0.5) is 0 Å². The van der Waals surface area contributed by atoms with E-state index in [1.165, 1.54) is 0 Å². The zero-order valence-corrected chi connectivity index (χ0v) is 17.4. The second-order valence-corrected chi connectivity index (χ2v) is 7.22. The number of pyridine rings is 1. The summed E-state index contributed by atoms with van der Waals surface area (Å²) in [4.78, 5) is 37.4. The number of carbonyl (C=O) groups is 2. The van der Waals surface area contributed by atoms with Crippen molar-refractivity contribution in [3.05, 3.63) is 47.8 Å². The third-order valence-electron chi connectivity index (χ3n) is 4.75. The zero-order chi connectivity index (χ0) is 20.5. The molecule has 2 rings (SSSR count). The van der Waals surface area contributed by atoms with Gasteiger partial charge >= 0.3 is 0 Å². The molecule has 0 atom stereocenters. The summed E-state index contributed by atoms with van der Waals surface area (Å²) < 4.78 is 1.85. The first kappa shape index (κ1) is 21.8. The molecule has 0 aromatic carbocycles. The van der Waals surface area contributed by atoms with Crippen LogP contribution in [-0.4, -0.2) is 69.8 Å². The fourth-order valence-corrected chi connectivity index (χ4v) is 2.96. The van der Waals surface area contributed by atoms with Gasteiger partial charge in [0.05, 0.1) is 6.42 Å². The van der Waals surface area contributed by atoms with E-state index in [1.54, 1.807) is 18.5 Å². The minimum Gasteiger partial charge on any atom is -0.342 e. The SMILES string of the molecule is CCN(CCN(C)C)C(=O)CCCc1cc(C(=O)Cc2nccn2C)ccn1. The average Bonchev–Trinajstić information content (AvgIpc) is 3.07. The number of rotatable bonds is 11. The molecule has 0 unspecified atom stereocenters. The van der Waals surface area contributed by atoms with Gasteiger partial charge in [0.25, 0.3) is 0 Å². The fourth-order valence-electron chi connectivity index (χ4n) is 2.96. The van der Waals surface area contributed by atoms with Crippen LogP contribution in [-0.2, 0) is 24.7 Å². The van der Waals surface area contributed by atoms with Gasteiger partial charge in [-0.05, 0) is 46.0 Å². The Morgan fingerprint density at radius 1 is 1.14 bits per heavy atom. The number of likely N-dealkylation sites (N-methyl/N-ethyl adjacent to an activating group) is 2. The lowest BCUT2D eigenvalue weighted by molar-refractivity contribution is -0.131. The number of ketones is 1. The van der Waals surface area contributed by atoms with Crippen molar-refractivity contribution in [2.45, 2.75) is 32.6 Å². The Kier molecular flexibility index (Phi) is 8.32. The van der Waals surface area contributed by atoms with E-state index in [9.17, 15) is 9.59 Å². The Bertz CT molecular complexity index is 785. The van der Waals surface area contributed by atoms with Crippen LogP contribution in [0.15, 0.2) is 30.7 Å². The number of amides is 1. The molecule has 0 aliphatic carbocycles. The number of nitrogens with zero attached hydrogens (tertiary/aromatic N) is 5. The van der Waals surface area contributed by atoms with E-state index in [1.807, 2.05) is 49.8 Å². The van der Waals surface area contributed by atoms with Gasteiger partial charge in [0, 0.05) is 63.0 Å². The first-order valence-corrected chi connectivity index (χ1v) is 9.77. The molecule has 0 N–H and O–H groups in total. The van der Waals surface area contributed by atoms with Crippen molar-refractivity contribution in [3.63, 3.8) is 0 Å². The van der Waals surface area contributed by atoms with E-state index in [0.29, 0.717) is 18.4 Å². The summed E-state index contributed by atoms with van der Waals surface area (Å²) in [7, 11) is 5.89. The van der Waals surface area contributed by atoms with Crippen molar-refractivity contribution < 1.29 is 9.59 Å². The van der Waals surface area contributed by atoms with E-state index in [-0.39, 0.29) is 18.1 Å². The van der Waals surface area contributed by atoms with Gasteiger partial charge in [-0.15, -0.1) is 0 Å². The summed E-state index contributed by atoms with van der Waals surface area (Å²) in [6.07, 6.45) is 7.35. The van der Waals surface area contributed by atoms with Gasteiger partial charge in [-0.2, -0.15) is 0 Å². The van der Waals surface area contributed by atoms with Crippen LogP contribution in [0.3, 0.4) is 0 Å². The maximum absolute atomic E-state index is 12.5. The van der Waals surface area contributed by atoms with E-state index in [2.05, 4.69) is 14.9 Å². The second kappa shape index (κ2) is 10.7. The predicted octanol–water partition coefficient (Wildman–Crippen LogP) is 1.97. The molecule has 2 heterocycles. The third-order valence-corrected chi connectivity index (χ3v) is 4.75. The first-order chi connectivity index (χ1) is 13.4. The minimum absolute atomic E-state index is 0.0230. The lowest BCUT2D eigenvalue weighted by Crippen LogP contribution is -2.36. The Morgan fingerprint density at radius 3 is 2.57 bits per heavy atom. The highest BCUT2D eigenvalue weighted by atomic mass is 16.2. The second-order valence-electron chi connectivity index (χ2n) is 7.22. The monoisotopic (exact) mass is 385 g/mol. The summed E-state index contributed by atoms with van der Waals surface area (Å²) in [5, 5.41) is 0. The molecule has 28 heavy (non-hydrogen) atoms. The molecule has 0 radical (unpaired) electrons. The van der Waals surface area contributed by atoms with Crippen molar-refractivity contribution in [1.82, 2.24) is 24.3 Å². The molecule has 1 amide bonds. The van der Waals surface area contributed by atoms with Crippen LogP contribution in [0, 0.1) is 0 Å². The number of Topliss-reactive ketones (excluding diaryl/α,β-unsaturated/α-hetero) is 1. The van der Waals surface area contributed by atoms with Gasteiger partial charge in [-0.25, -0.2) is 4.98 Å². The highest BCUT2D eigenvalue weighted by molar-refractivity contribution is 5.97. The van der Waals surface area contributed by atoms with Crippen molar-refractivity contribution in [1.29, 1.82) is 0 Å². The van der Waals surface area contributed by atoms with Crippen LogP contribution in [0.2, 0.25) is 0 Å². The van der Waals surface area contributed by atoms with Crippen LogP contribution >= 0.6 is 0 Å². The summed E-state index contributed by atoms with van der Waals surface area (Å²) >= 11 is 0. The molecular formula is C21H31N5O2. The van der Waals surface area contributed by atoms with E-state index < -0.39 is 0 Å². The highest BCUT2D eigenvalue weighted by Gasteiger charge is 2.13. The molecule has 0 saturated heterocycles. The smallest absolute Gasteiger partial charge is 0.222 e. The molecule has 0 spiro atoms. The minimum atomic E-state index is 0.0230. The zero-order valence-electron chi connectivity index (χ0n) is 17.4. The molecule has 0 aliphatic rings. The van der Waals surface area contributed by atoms with Crippen molar-refractivity contribution in [2.24, 2.45) is 7.05 Å². The number of aromatic nitrogens is 3. The number of hydrogen-bond acceptors (Lipinski definition) is 5.